The van der Waals surface area contributed by atoms with E-state index in [0.717, 1.165) is 54.6 Å². The van der Waals surface area contributed by atoms with Gasteiger partial charge in [0.15, 0.2) is 0 Å². The van der Waals surface area contributed by atoms with Crippen molar-refractivity contribution in [2.45, 2.75) is 33.6 Å². The number of anilines is 2. The highest BCUT2D eigenvalue weighted by Crippen LogP contribution is 2.25. The first-order chi connectivity index (χ1) is 14.0. The van der Waals surface area contributed by atoms with E-state index in [4.69, 9.17) is 0 Å². The molecule has 1 fully saturated rings. The van der Waals surface area contributed by atoms with E-state index >= 15 is 0 Å². The Balaban J connectivity index is 1.39. The summed E-state index contributed by atoms with van der Waals surface area (Å²) in [4.78, 5) is 28.0. The fourth-order valence-corrected chi connectivity index (χ4v) is 3.82. The molecule has 0 aliphatic carbocycles. The van der Waals surface area contributed by atoms with E-state index in [2.05, 4.69) is 38.2 Å². The fraction of sp³-hybridized carbons (Fsp3) is 0.364. The lowest BCUT2D eigenvalue weighted by Gasteiger charge is -2.32. The number of amides is 1. The first-order valence-corrected chi connectivity index (χ1v) is 9.96. The molecule has 3 heterocycles. The summed E-state index contributed by atoms with van der Waals surface area (Å²) in [6.07, 6.45) is 6.85. The number of carbonyl (C=O) groups excluding carboxylic acids is 1. The van der Waals surface area contributed by atoms with Gasteiger partial charge in [-0.15, -0.1) is 0 Å². The molecule has 0 spiro atoms. The van der Waals surface area contributed by atoms with Crippen LogP contribution < -0.4 is 10.2 Å². The maximum absolute atomic E-state index is 12.7. The van der Waals surface area contributed by atoms with Gasteiger partial charge >= 0.3 is 0 Å². The maximum Gasteiger partial charge on any atom is 0.227 e. The predicted molar refractivity (Wildman–Crippen MR) is 113 cm³/mol. The van der Waals surface area contributed by atoms with E-state index in [1.165, 1.54) is 5.56 Å². The Hall–Kier alpha value is -3.22. The van der Waals surface area contributed by atoms with Crippen molar-refractivity contribution in [2.75, 3.05) is 23.3 Å². The van der Waals surface area contributed by atoms with Gasteiger partial charge in [-0.3, -0.25) is 9.36 Å². The van der Waals surface area contributed by atoms with Gasteiger partial charge in [0.2, 0.25) is 5.91 Å². The monoisotopic (exact) mass is 390 g/mol. The first kappa shape index (κ1) is 19.1. The van der Waals surface area contributed by atoms with Crippen LogP contribution in [-0.2, 0) is 4.79 Å². The molecule has 1 saturated heterocycles. The van der Waals surface area contributed by atoms with E-state index in [0.29, 0.717) is 0 Å². The van der Waals surface area contributed by atoms with Gasteiger partial charge in [-0.25, -0.2) is 15.0 Å². The predicted octanol–water partition coefficient (Wildman–Crippen LogP) is 3.44. The number of nitrogens with one attached hydrogen (secondary N) is 1. The van der Waals surface area contributed by atoms with E-state index in [9.17, 15) is 4.79 Å². The molecular weight excluding hydrogens is 364 g/mol. The third-order valence-electron chi connectivity index (χ3n) is 5.54. The molecule has 7 heteroatoms. The van der Waals surface area contributed by atoms with Gasteiger partial charge in [0.1, 0.15) is 23.8 Å². The Morgan fingerprint density at radius 3 is 2.48 bits per heavy atom. The summed E-state index contributed by atoms with van der Waals surface area (Å²) >= 11 is 0. The Kier molecular flexibility index (Phi) is 5.29. The normalized spacial score (nSPS) is 14.8. The molecule has 0 unspecified atom stereocenters. The van der Waals surface area contributed by atoms with E-state index < -0.39 is 0 Å². The number of benzene rings is 1. The van der Waals surface area contributed by atoms with Crippen LogP contribution in [0.15, 0.2) is 43.0 Å². The summed E-state index contributed by atoms with van der Waals surface area (Å²) in [7, 11) is 0. The summed E-state index contributed by atoms with van der Waals surface area (Å²) in [5.74, 6) is 2.70. The van der Waals surface area contributed by atoms with Crippen molar-refractivity contribution >= 4 is 17.4 Å². The van der Waals surface area contributed by atoms with Crippen LogP contribution in [0.1, 0.15) is 29.8 Å². The average molecular weight is 390 g/mol. The van der Waals surface area contributed by atoms with Gasteiger partial charge in [-0.05, 0) is 45.2 Å². The molecule has 150 valence electrons. The highest BCUT2D eigenvalue weighted by Gasteiger charge is 2.26. The van der Waals surface area contributed by atoms with Gasteiger partial charge in [0, 0.05) is 43.2 Å². The average Bonchev–Trinajstić information content (AvgIpc) is 3.16. The van der Waals surface area contributed by atoms with Gasteiger partial charge in [-0.2, -0.15) is 0 Å². The topological polar surface area (TPSA) is 75.9 Å². The van der Waals surface area contributed by atoms with Gasteiger partial charge < -0.3 is 10.2 Å². The third-order valence-corrected chi connectivity index (χ3v) is 5.54. The number of hydrogen-bond donors (Lipinski definition) is 1. The van der Waals surface area contributed by atoms with Crippen molar-refractivity contribution in [1.29, 1.82) is 0 Å². The summed E-state index contributed by atoms with van der Waals surface area (Å²) in [6, 6.07) is 8.08. The molecule has 4 rings (SSSR count). The minimum absolute atomic E-state index is 0.0177. The summed E-state index contributed by atoms with van der Waals surface area (Å²) in [5.41, 5.74) is 3.20. The molecule has 29 heavy (non-hydrogen) atoms. The SMILES string of the molecule is Cc1ccc(NC(=O)C2CCN(c3cc(-n4ccnc4C)ncn3)CC2)c(C)c1. The standard InChI is InChI=1S/C22H26N6O/c1-15-4-5-19(16(2)12-15)26-22(29)18-6-9-27(10-7-18)20-13-21(25-14-24-20)28-11-8-23-17(28)3/h4-5,8,11-14,18H,6-7,9-10H2,1-3H3,(H,26,29). The molecule has 1 aliphatic heterocycles. The second kappa shape index (κ2) is 8.03. The minimum Gasteiger partial charge on any atom is -0.356 e. The third kappa shape index (κ3) is 4.13. The summed E-state index contributed by atoms with van der Waals surface area (Å²) in [5, 5.41) is 3.10. The zero-order chi connectivity index (χ0) is 20.4. The number of aromatic nitrogens is 4. The fourth-order valence-electron chi connectivity index (χ4n) is 3.82. The van der Waals surface area contributed by atoms with Gasteiger partial charge in [-0.1, -0.05) is 17.7 Å². The first-order valence-electron chi connectivity index (χ1n) is 9.96. The highest BCUT2D eigenvalue weighted by atomic mass is 16.1. The lowest BCUT2D eigenvalue weighted by Crippen LogP contribution is -2.38. The number of hydrogen-bond acceptors (Lipinski definition) is 5. The quantitative estimate of drug-likeness (QED) is 0.738. The van der Waals surface area contributed by atoms with Crippen LogP contribution in [0.25, 0.3) is 5.82 Å². The second-order valence-corrected chi connectivity index (χ2v) is 7.65. The molecule has 2 aromatic heterocycles. The van der Waals surface area contributed by atoms with E-state index in [1.54, 1.807) is 12.5 Å². The van der Waals surface area contributed by atoms with Crippen LogP contribution in [-0.4, -0.2) is 38.5 Å². The molecular formula is C22H26N6O. The van der Waals surface area contributed by atoms with Crippen LogP contribution in [0.3, 0.4) is 0 Å². The molecule has 0 saturated carbocycles. The zero-order valence-corrected chi connectivity index (χ0v) is 17.1. The number of imidazole rings is 1. The summed E-state index contributed by atoms with van der Waals surface area (Å²) < 4.78 is 1.94. The molecule has 1 amide bonds. The molecule has 1 aliphatic rings. The Labute approximate surface area is 170 Å². The Bertz CT molecular complexity index is 1020. The van der Waals surface area contributed by atoms with Crippen molar-refractivity contribution in [3.63, 3.8) is 0 Å². The highest BCUT2D eigenvalue weighted by molar-refractivity contribution is 5.93. The van der Waals surface area contributed by atoms with Crippen LogP contribution in [0, 0.1) is 26.7 Å². The molecule has 7 nitrogen and oxygen atoms in total. The van der Waals surface area contributed by atoms with Crippen molar-refractivity contribution in [3.8, 4) is 5.82 Å². The number of aryl methyl sites for hydroxylation is 3. The molecule has 0 bridgehead atoms. The molecule has 0 radical (unpaired) electrons. The maximum atomic E-state index is 12.7. The zero-order valence-electron chi connectivity index (χ0n) is 17.1. The lowest BCUT2D eigenvalue weighted by atomic mass is 9.95. The largest absolute Gasteiger partial charge is 0.356 e. The van der Waals surface area contributed by atoms with Crippen LogP contribution in [0.2, 0.25) is 0 Å². The number of nitrogens with zero attached hydrogens (tertiary/aromatic N) is 5. The molecule has 1 N–H and O–H groups in total. The smallest absolute Gasteiger partial charge is 0.227 e. The van der Waals surface area contributed by atoms with E-state index in [1.807, 2.05) is 42.8 Å². The van der Waals surface area contributed by atoms with E-state index in [-0.39, 0.29) is 11.8 Å². The minimum atomic E-state index is 0.0177. The van der Waals surface area contributed by atoms with Crippen molar-refractivity contribution in [3.05, 3.63) is 59.9 Å². The number of rotatable bonds is 4. The van der Waals surface area contributed by atoms with Crippen molar-refractivity contribution in [2.24, 2.45) is 5.92 Å². The van der Waals surface area contributed by atoms with Crippen LogP contribution >= 0.6 is 0 Å². The van der Waals surface area contributed by atoms with Crippen LogP contribution in [0.5, 0.6) is 0 Å². The van der Waals surface area contributed by atoms with Crippen molar-refractivity contribution in [1.82, 2.24) is 19.5 Å². The van der Waals surface area contributed by atoms with Crippen LogP contribution in [0.4, 0.5) is 11.5 Å². The molecule has 0 atom stereocenters. The number of carbonyl (C=O) groups is 1. The Morgan fingerprint density at radius 2 is 1.79 bits per heavy atom. The summed E-state index contributed by atoms with van der Waals surface area (Å²) in [6.45, 7) is 7.62. The lowest BCUT2D eigenvalue weighted by molar-refractivity contribution is -0.120. The number of piperidine rings is 1. The van der Waals surface area contributed by atoms with Gasteiger partial charge in [0.05, 0.1) is 0 Å². The van der Waals surface area contributed by atoms with Crippen molar-refractivity contribution < 1.29 is 4.79 Å². The molecule has 3 aromatic rings. The van der Waals surface area contributed by atoms with Gasteiger partial charge in [0.25, 0.3) is 0 Å². The molecule has 1 aromatic carbocycles. The second-order valence-electron chi connectivity index (χ2n) is 7.65. The Morgan fingerprint density at radius 1 is 1.03 bits per heavy atom.